The summed E-state index contributed by atoms with van der Waals surface area (Å²) in [4.78, 5) is 4.54. The molecule has 0 saturated carbocycles. The van der Waals surface area contributed by atoms with E-state index in [9.17, 15) is 0 Å². The smallest absolute Gasteiger partial charge is 0.0940 e. The van der Waals surface area contributed by atoms with Crippen molar-refractivity contribution in [3.63, 3.8) is 0 Å². The summed E-state index contributed by atoms with van der Waals surface area (Å²) in [6.07, 6.45) is 11.5. The summed E-state index contributed by atoms with van der Waals surface area (Å²) >= 11 is 0. The molecule has 3 heteroatoms. The maximum Gasteiger partial charge on any atom is 0.0940 e. The number of hydrogen-bond acceptors (Lipinski definition) is 2. The van der Waals surface area contributed by atoms with E-state index >= 15 is 0 Å². The maximum atomic E-state index is 5.80. The van der Waals surface area contributed by atoms with Crippen LogP contribution in [0.25, 0.3) is 0 Å². The average molecular weight is 245 g/mol. The third-order valence-corrected chi connectivity index (χ3v) is 2.75. The molecule has 0 fully saturated rings. The van der Waals surface area contributed by atoms with Gasteiger partial charge in [0.1, 0.15) is 0 Å². The first kappa shape index (κ1) is 15.5. The van der Waals surface area contributed by atoms with Gasteiger partial charge in [0.15, 0.2) is 0 Å². The highest BCUT2D eigenvalue weighted by Gasteiger charge is 2.09. The van der Waals surface area contributed by atoms with Gasteiger partial charge in [-0.25, -0.2) is 0 Å². The van der Waals surface area contributed by atoms with Crippen LogP contribution < -0.4 is 5.73 Å². The molecule has 16 heavy (non-hydrogen) atoms. The molecule has 94 valence electrons. The normalized spacial score (nSPS) is 21.7. The van der Waals surface area contributed by atoms with Gasteiger partial charge in [0, 0.05) is 6.42 Å². The Balaban J connectivity index is 0.00000225. The zero-order chi connectivity index (χ0) is 11.1. The number of nitrogens with two attached hydrogens (primary N) is 1. The molecule has 0 spiro atoms. The Morgan fingerprint density at radius 1 is 1.38 bits per heavy atom. The molecule has 1 aliphatic heterocycles. The second-order valence-electron chi connectivity index (χ2n) is 4.86. The van der Waals surface area contributed by atoms with Crippen LogP contribution in [0, 0.1) is 5.92 Å². The molecule has 2 N–H and O–H groups in total. The van der Waals surface area contributed by atoms with E-state index in [1.165, 1.54) is 25.7 Å². The van der Waals surface area contributed by atoms with E-state index in [4.69, 9.17) is 5.73 Å². The highest BCUT2D eigenvalue weighted by molar-refractivity contribution is 5.85. The highest BCUT2D eigenvalue weighted by atomic mass is 35.5. The van der Waals surface area contributed by atoms with Gasteiger partial charge in [0.2, 0.25) is 0 Å². The summed E-state index contributed by atoms with van der Waals surface area (Å²) in [7, 11) is 0. The van der Waals surface area contributed by atoms with Crippen LogP contribution in [0.1, 0.15) is 52.4 Å². The molecule has 1 aliphatic rings. The molecule has 1 atom stereocenters. The van der Waals surface area contributed by atoms with E-state index < -0.39 is 0 Å². The molecule has 0 aromatic carbocycles. The van der Waals surface area contributed by atoms with Crippen molar-refractivity contribution in [1.82, 2.24) is 0 Å². The fourth-order valence-electron chi connectivity index (χ4n) is 1.84. The molecule has 2 nitrogen and oxygen atoms in total. The highest BCUT2D eigenvalue weighted by Crippen LogP contribution is 2.15. The summed E-state index contributed by atoms with van der Waals surface area (Å²) in [5.74, 6) is 1.61. The molecule has 0 unspecified atom stereocenters. The summed E-state index contributed by atoms with van der Waals surface area (Å²) in [6, 6.07) is 0.441. The SMILES string of the molecule is CC(C)C/C=C/C[C@H]1CCCCC(N)=N1.Cl. The number of amidine groups is 1. The van der Waals surface area contributed by atoms with Gasteiger partial charge in [-0.05, 0) is 31.6 Å². The molecule has 0 aromatic rings. The Hall–Kier alpha value is -0.500. The number of halogens is 1. The number of rotatable bonds is 4. The van der Waals surface area contributed by atoms with Crippen LogP contribution in [-0.4, -0.2) is 11.9 Å². The largest absolute Gasteiger partial charge is 0.387 e. The van der Waals surface area contributed by atoms with E-state index in [0.29, 0.717) is 6.04 Å². The number of hydrogen-bond donors (Lipinski definition) is 1. The molecular weight excluding hydrogens is 220 g/mol. The van der Waals surface area contributed by atoms with E-state index in [2.05, 4.69) is 31.0 Å². The molecule has 0 saturated heterocycles. The summed E-state index contributed by atoms with van der Waals surface area (Å²) in [5, 5.41) is 0. The number of aliphatic imine (C=N–C) groups is 1. The van der Waals surface area contributed by atoms with Crippen molar-refractivity contribution in [2.45, 2.75) is 58.4 Å². The van der Waals surface area contributed by atoms with Crippen molar-refractivity contribution >= 4 is 18.2 Å². The fourth-order valence-corrected chi connectivity index (χ4v) is 1.84. The Bertz CT molecular complexity index is 234. The van der Waals surface area contributed by atoms with Gasteiger partial charge < -0.3 is 5.73 Å². The molecule has 0 aliphatic carbocycles. The van der Waals surface area contributed by atoms with E-state index in [1.54, 1.807) is 0 Å². The molecule has 1 rings (SSSR count). The monoisotopic (exact) mass is 244 g/mol. The minimum atomic E-state index is 0. The minimum absolute atomic E-state index is 0. The van der Waals surface area contributed by atoms with Crippen molar-refractivity contribution < 1.29 is 0 Å². The van der Waals surface area contributed by atoms with Gasteiger partial charge in [0.05, 0.1) is 11.9 Å². The Morgan fingerprint density at radius 3 is 2.81 bits per heavy atom. The van der Waals surface area contributed by atoms with Crippen LogP contribution in [0.3, 0.4) is 0 Å². The van der Waals surface area contributed by atoms with Gasteiger partial charge in [0.25, 0.3) is 0 Å². The average Bonchev–Trinajstić information content (AvgIpc) is 2.37. The number of allylic oxidation sites excluding steroid dienone is 1. The second kappa shape index (κ2) is 8.63. The molecular formula is C13H25ClN2. The van der Waals surface area contributed by atoms with Gasteiger partial charge in [-0.2, -0.15) is 0 Å². The lowest BCUT2D eigenvalue weighted by Gasteiger charge is -2.07. The van der Waals surface area contributed by atoms with Crippen LogP contribution >= 0.6 is 12.4 Å². The quantitative estimate of drug-likeness (QED) is 0.753. The Kier molecular flexibility index (Phi) is 8.36. The molecule has 0 radical (unpaired) electrons. The zero-order valence-electron chi connectivity index (χ0n) is 10.5. The van der Waals surface area contributed by atoms with Crippen LogP contribution in [-0.2, 0) is 0 Å². The molecule has 0 aromatic heterocycles. The van der Waals surface area contributed by atoms with Gasteiger partial charge in [-0.3, -0.25) is 4.99 Å². The van der Waals surface area contributed by atoms with Gasteiger partial charge in [-0.1, -0.05) is 32.4 Å². The van der Waals surface area contributed by atoms with Crippen LogP contribution in [0.15, 0.2) is 17.1 Å². The van der Waals surface area contributed by atoms with Crippen molar-refractivity contribution in [2.75, 3.05) is 0 Å². The fraction of sp³-hybridized carbons (Fsp3) is 0.769. The molecule has 0 bridgehead atoms. The standard InChI is InChI=1S/C13H24N2.ClH/c1-11(2)7-3-4-8-12-9-5-6-10-13(14)15-12;/h3-4,11-12H,5-10H2,1-2H3,(H2,14,15);1H/b4-3+;/t12-;/m0./s1. The van der Waals surface area contributed by atoms with E-state index in [-0.39, 0.29) is 12.4 Å². The minimum Gasteiger partial charge on any atom is -0.387 e. The van der Waals surface area contributed by atoms with E-state index in [0.717, 1.165) is 24.6 Å². The van der Waals surface area contributed by atoms with Gasteiger partial charge >= 0.3 is 0 Å². The summed E-state index contributed by atoms with van der Waals surface area (Å²) < 4.78 is 0. The predicted octanol–water partition coefficient (Wildman–Crippen LogP) is 3.70. The van der Waals surface area contributed by atoms with E-state index in [1.807, 2.05) is 0 Å². The lowest BCUT2D eigenvalue weighted by Crippen LogP contribution is -2.13. The van der Waals surface area contributed by atoms with Gasteiger partial charge in [-0.15, -0.1) is 12.4 Å². The van der Waals surface area contributed by atoms with Crippen molar-refractivity contribution in [2.24, 2.45) is 16.6 Å². The maximum absolute atomic E-state index is 5.80. The summed E-state index contributed by atoms with van der Waals surface area (Å²) in [6.45, 7) is 4.48. The third kappa shape index (κ3) is 6.89. The van der Waals surface area contributed by atoms with Crippen LogP contribution in [0.4, 0.5) is 0 Å². The Morgan fingerprint density at radius 2 is 2.12 bits per heavy atom. The molecule has 1 heterocycles. The lowest BCUT2D eigenvalue weighted by atomic mass is 10.1. The van der Waals surface area contributed by atoms with Crippen molar-refractivity contribution in [3.8, 4) is 0 Å². The first-order chi connectivity index (χ1) is 7.18. The predicted molar refractivity (Wildman–Crippen MR) is 74.3 cm³/mol. The van der Waals surface area contributed by atoms with Crippen molar-refractivity contribution in [1.29, 1.82) is 0 Å². The summed E-state index contributed by atoms with van der Waals surface area (Å²) in [5.41, 5.74) is 5.80. The second-order valence-corrected chi connectivity index (χ2v) is 4.86. The van der Waals surface area contributed by atoms with Crippen LogP contribution in [0.5, 0.6) is 0 Å². The molecule has 0 amide bonds. The zero-order valence-corrected chi connectivity index (χ0v) is 11.3. The number of nitrogens with zero attached hydrogens (tertiary/aromatic N) is 1. The van der Waals surface area contributed by atoms with Crippen LogP contribution in [0.2, 0.25) is 0 Å². The Labute approximate surface area is 106 Å². The lowest BCUT2D eigenvalue weighted by molar-refractivity contribution is 0.593. The first-order valence-corrected chi connectivity index (χ1v) is 6.15. The van der Waals surface area contributed by atoms with Crippen molar-refractivity contribution in [3.05, 3.63) is 12.2 Å². The first-order valence-electron chi connectivity index (χ1n) is 6.15. The topological polar surface area (TPSA) is 38.4 Å². The third-order valence-electron chi connectivity index (χ3n) is 2.75.